The molecular formula is C16H18F5OPS2. The van der Waals surface area contributed by atoms with Crippen LogP contribution in [0.3, 0.4) is 0 Å². The molecule has 0 heterocycles. The summed E-state index contributed by atoms with van der Waals surface area (Å²) in [6, 6.07) is 0. The number of hydrogen-bond donors (Lipinski definition) is 0. The van der Waals surface area contributed by atoms with E-state index < -0.39 is 42.0 Å². The highest BCUT2D eigenvalue weighted by atomic mass is 32.7. The van der Waals surface area contributed by atoms with Gasteiger partial charge in [-0.3, -0.25) is 0 Å². The summed E-state index contributed by atoms with van der Waals surface area (Å²) in [7, 11) is -0.456. The zero-order valence-corrected chi connectivity index (χ0v) is 16.3. The van der Waals surface area contributed by atoms with E-state index in [0.717, 1.165) is 24.8 Å². The van der Waals surface area contributed by atoms with Crippen LogP contribution in [0.4, 0.5) is 22.0 Å². The third kappa shape index (κ3) is 4.71. The molecule has 0 aliphatic heterocycles. The second kappa shape index (κ2) is 9.07. The summed E-state index contributed by atoms with van der Waals surface area (Å²) in [5, 5.41) is 0.208. The molecule has 0 N–H and O–H groups in total. The number of halogens is 5. The van der Waals surface area contributed by atoms with Crippen LogP contribution in [0.15, 0.2) is 17.0 Å². The minimum Gasteiger partial charge on any atom is -0.347 e. The highest BCUT2D eigenvalue weighted by Crippen LogP contribution is 2.46. The van der Waals surface area contributed by atoms with Crippen molar-refractivity contribution in [2.75, 3.05) is 6.26 Å². The number of rotatable bonds is 6. The lowest BCUT2D eigenvalue weighted by molar-refractivity contribution is 0.170. The molecule has 4 atom stereocenters. The van der Waals surface area contributed by atoms with Gasteiger partial charge in [0.05, 0.1) is 19.0 Å². The van der Waals surface area contributed by atoms with Crippen molar-refractivity contribution in [2.24, 2.45) is 5.92 Å². The van der Waals surface area contributed by atoms with Crippen molar-refractivity contribution in [3.05, 3.63) is 41.2 Å². The molecule has 0 saturated heterocycles. The molecule has 0 amide bonds. The molecule has 25 heavy (non-hydrogen) atoms. The van der Waals surface area contributed by atoms with Crippen molar-refractivity contribution in [1.29, 1.82) is 0 Å². The Morgan fingerprint density at radius 1 is 1.04 bits per heavy atom. The maximum Gasteiger partial charge on any atom is 0.200 e. The lowest BCUT2D eigenvalue weighted by atomic mass is 9.83. The summed E-state index contributed by atoms with van der Waals surface area (Å²) in [4.78, 5) is -0.897. The first kappa shape index (κ1) is 21.0. The predicted octanol–water partition coefficient (Wildman–Crippen LogP) is 6.48. The van der Waals surface area contributed by atoms with E-state index in [1.54, 1.807) is 11.8 Å². The van der Waals surface area contributed by atoms with Crippen LogP contribution in [0.1, 0.15) is 26.2 Å². The van der Waals surface area contributed by atoms with Gasteiger partial charge in [-0.25, -0.2) is 22.0 Å². The molecule has 140 valence electrons. The van der Waals surface area contributed by atoms with Gasteiger partial charge < -0.3 is 4.52 Å². The van der Waals surface area contributed by atoms with E-state index in [2.05, 4.69) is 6.58 Å². The molecule has 0 bridgehead atoms. The van der Waals surface area contributed by atoms with E-state index in [4.69, 9.17) is 4.52 Å². The first-order valence-electron chi connectivity index (χ1n) is 7.55. The summed E-state index contributed by atoms with van der Waals surface area (Å²) in [5.74, 6) is -9.23. The standard InChI is InChI=1S/C16H18F5OPS2/c1-7(2)8-4-5-9(10(6-8)24-3)22-23-25-16-14(20)12(18)11(17)13(19)15(16)21/h8-10,23H,1,4-6H2,2-3H3. The zero-order valence-electron chi connectivity index (χ0n) is 13.7. The number of thioether (sulfide) groups is 1. The Bertz CT molecular complexity index is 629. The van der Waals surface area contributed by atoms with Gasteiger partial charge in [-0.05, 0) is 38.4 Å². The van der Waals surface area contributed by atoms with Crippen LogP contribution < -0.4 is 0 Å². The van der Waals surface area contributed by atoms with Crippen molar-refractivity contribution in [3.8, 4) is 0 Å². The van der Waals surface area contributed by atoms with Crippen molar-refractivity contribution >= 4 is 31.2 Å². The molecule has 1 nitrogen and oxygen atoms in total. The van der Waals surface area contributed by atoms with Crippen molar-refractivity contribution in [2.45, 2.75) is 42.4 Å². The topological polar surface area (TPSA) is 9.23 Å². The molecule has 1 saturated carbocycles. The van der Waals surface area contributed by atoms with Gasteiger partial charge in [-0.1, -0.05) is 23.5 Å². The minimum absolute atomic E-state index is 0.113. The van der Waals surface area contributed by atoms with Gasteiger partial charge >= 0.3 is 0 Å². The summed E-state index contributed by atoms with van der Waals surface area (Å²) in [6.07, 6.45) is 4.43. The van der Waals surface area contributed by atoms with E-state index >= 15 is 0 Å². The van der Waals surface area contributed by atoms with Gasteiger partial charge in [0.1, 0.15) is 0 Å². The lowest BCUT2D eigenvalue weighted by Crippen LogP contribution is -2.32. The van der Waals surface area contributed by atoms with Gasteiger partial charge in [-0.2, -0.15) is 11.8 Å². The number of allylic oxidation sites excluding steroid dienone is 1. The van der Waals surface area contributed by atoms with Gasteiger partial charge in [0, 0.05) is 5.25 Å². The van der Waals surface area contributed by atoms with Gasteiger partial charge in [0.25, 0.3) is 0 Å². The van der Waals surface area contributed by atoms with Crippen LogP contribution in [-0.2, 0) is 4.52 Å². The highest BCUT2D eigenvalue weighted by molar-refractivity contribution is 8.48. The van der Waals surface area contributed by atoms with E-state index in [1.807, 2.05) is 13.2 Å². The number of benzene rings is 1. The third-order valence-corrected chi connectivity index (χ3v) is 7.54. The third-order valence-electron chi connectivity index (χ3n) is 4.24. The predicted molar refractivity (Wildman–Crippen MR) is 94.7 cm³/mol. The van der Waals surface area contributed by atoms with Gasteiger partial charge in [-0.15, -0.1) is 0 Å². The van der Waals surface area contributed by atoms with Crippen LogP contribution in [0.25, 0.3) is 0 Å². The zero-order chi connectivity index (χ0) is 18.7. The Morgan fingerprint density at radius 3 is 2.12 bits per heavy atom. The molecule has 2 rings (SSSR count). The molecular weight excluding hydrogens is 398 g/mol. The van der Waals surface area contributed by atoms with E-state index in [9.17, 15) is 22.0 Å². The molecule has 1 aliphatic rings. The molecule has 1 aliphatic carbocycles. The van der Waals surface area contributed by atoms with Crippen molar-refractivity contribution in [1.82, 2.24) is 0 Å². The van der Waals surface area contributed by atoms with Crippen molar-refractivity contribution in [3.63, 3.8) is 0 Å². The maximum atomic E-state index is 13.6. The molecule has 1 aromatic carbocycles. The second-order valence-electron chi connectivity index (χ2n) is 5.87. The normalized spacial score (nSPS) is 24.2. The SMILES string of the molecule is C=C(C)C1CCC(OPSc2c(F)c(F)c(F)c(F)c2F)C(SC)C1. The average Bonchev–Trinajstić information content (AvgIpc) is 2.61. The fourth-order valence-electron chi connectivity index (χ4n) is 2.73. The Morgan fingerprint density at radius 2 is 1.60 bits per heavy atom. The molecule has 0 aromatic heterocycles. The lowest BCUT2D eigenvalue weighted by Gasteiger charge is -2.35. The van der Waals surface area contributed by atoms with Gasteiger partial charge in [0.2, 0.25) is 5.82 Å². The Labute approximate surface area is 153 Å². The van der Waals surface area contributed by atoms with Crippen LogP contribution in [0.2, 0.25) is 0 Å². The Balaban J connectivity index is 2.00. The molecule has 1 aromatic rings. The molecule has 1 fully saturated rings. The Hall–Kier alpha value is -0.300. The summed E-state index contributed by atoms with van der Waals surface area (Å²) < 4.78 is 72.4. The molecule has 4 unspecified atom stereocenters. The molecule has 9 heteroatoms. The van der Waals surface area contributed by atoms with Crippen LogP contribution in [0.5, 0.6) is 0 Å². The minimum atomic E-state index is -2.15. The largest absolute Gasteiger partial charge is 0.347 e. The molecule has 0 spiro atoms. The summed E-state index contributed by atoms with van der Waals surface area (Å²) >= 11 is 2.15. The van der Waals surface area contributed by atoms with E-state index in [-0.39, 0.29) is 11.4 Å². The van der Waals surface area contributed by atoms with E-state index in [0.29, 0.717) is 17.3 Å². The second-order valence-corrected chi connectivity index (χ2v) is 9.08. The average molecular weight is 416 g/mol. The molecule has 0 radical (unpaired) electrons. The van der Waals surface area contributed by atoms with Crippen LogP contribution in [0, 0.1) is 35.0 Å². The van der Waals surface area contributed by atoms with Crippen molar-refractivity contribution < 1.29 is 26.5 Å². The maximum absolute atomic E-state index is 13.6. The first-order chi connectivity index (χ1) is 11.8. The summed E-state index contributed by atoms with van der Waals surface area (Å²) in [5.41, 5.74) is 1.12. The Kier molecular flexibility index (Phi) is 7.62. The quantitative estimate of drug-likeness (QED) is 0.173. The van der Waals surface area contributed by atoms with Gasteiger partial charge in [0.15, 0.2) is 23.3 Å². The highest BCUT2D eigenvalue weighted by Gasteiger charge is 2.32. The first-order valence-corrected chi connectivity index (χ1v) is 11.3. The fourth-order valence-corrected chi connectivity index (χ4v) is 5.95. The summed E-state index contributed by atoms with van der Waals surface area (Å²) in [6.45, 7) is 5.97. The van der Waals surface area contributed by atoms with E-state index in [1.165, 1.54) is 0 Å². The van der Waals surface area contributed by atoms with Crippen LogP contribution >= 0.6 is 31.2 Å². The fraction of sp³-hybridized carbons (Fsp3) is 0.500. The smallest absolute Gasteiger partial charge is 0.200 e. The van der Waals surface area contributed by atoms with Crippen LogP contribution in [-0.4, -0.2) is 17.6 Å². The number of hydrogen-bond acceptors (Lipinski definition) is 3. The monoisotopic (exact) mass is 416 g/mol.